The molecule has 3 aromatic heterocycles. The minimum atomic E-state index is 0.540. The highest BCUT2D eigenvalue weighted by Gasteiger charge is 2.27. The van der Waals surface area contributed by atoms with Crippen LogP contribution in [0.5, 0.6) is 0 Å². The Balaban J connectivity index is 1.41. The van der Waals surface area contributed by atoms with Gasteiger partial charge in [-0.15, -0.1) is 0 Å². The fraction of sp³-hybridized carbons (Fsp3) is 0.280. The SMILES string of the molecule is C=C(/C=C1/C=CC(C)CN1)Nc1cc(-c2nc(C)c3c(C4CC4)cncc3n2)ccn1. The van der Waals surface area contributed by atoms with E-state index in [0.29, 0.717) is 23.5 Å². The number of aromatic nitrogens is 4. The van der Waals surface area contributed by atoms with Crippen LogP contribution >= 0.6 is 0 Å². The van der Waals surface area contributed by atoms with Crippen molar-refractivity contribution in [3.05, 3.63) is 78.2 Å². The normalized spacial score (nSPS) is 19.4. The van der Waals surface area contributed by atoms with E-state index in [4.69, 9.17) is 9.97 Å². The predicted octanol–water partition coefficient (Wildman–Crippen LogP) is 4.88. The number of allylic oxidation sites excluding steroid dienone is 2. The summed E-state index contributed by atoms with van der Waals surface area (Å²) in [7, 11) is 0. The first kappa shape index (κ1) is 19.4. The Bertz CT molecular complexity index is 1220. The minimum Gasteiger partial charge on any atom is -0.384 e. The van der Waals surface area contributed by atoms with Crippen LogP contribution in [0.2, 0.25) is 0 Å². The van der Waals surface area contributed by atoms with Crippen molar-refractivity contribution in [3.63, 3.8) is 0 Å². The summed E-state index contributed by atoms with van der Waals surface area (Å²) < 4.78 is 0. The van der Waals surface area contributed by atoms with Gasteiger partial charge in [0.1, 0.15) is 5.82 Å². The average Bonchev–Trinajstić information content (AvgIpc) is 3.60. The summed E-state index contributed by atoms with van der Waals surface area (Å²) in [6.45, 7) is 9.28. The maximum atomic E-state index is 4.82. The lowest BCUT2D eigenvalue weighted by atomic mass is 10.1. The molecule has 1 fully saturated rings. The van der Waals surface area contributed by atoms with Crippen molar-refractivity contribution in [2.45, 2.75) is 32.6 Å². The molecule has 0 amide bonds. The molecule has 1 aliphatic carbocycles. The van der Waals surface area contributed by atoms with Crippen LogP contribution in [-0.2, 0) is 0 Å². The van der Waals surface area contributed by atoms with Gasteiger partial charge < -0.3 is 10.6 Å². The third kappa shape index (κ3) is 4.19. The highest BCUT2D eigenvalue weighted by Crippen LogP contribution is 2.43. The van der Waals surface area contributed by atoms with E-state index in [9.17, 15) is 0 Å². The highest BCUT2D eigenvalue weighted by atomic mass is 15.0. The molecule has 31 heavy (non-hydrogen) atoms. The molecule has 1 atom stereocenters. The largest absolute Gasteiger partial charge is 0.384 e. The fourth-order valence-electron chi connectivity index (χ4n) is 3.93. The quantitative estimate of drug-likeness (QED) is 0.624. The van der Waals surface area contributed by atoms with Gasteiger partial charge in [0.2, 0.25) is 0 Å². The first-order valence-electron chi connectivity index (χ1n) is 10.7. The molecule has 3 aromatic rings. The molecule has 6 heteroatoms. The van der Waals surface area contributed by atoms with Crippen molar-refractivity contribution < 1.29 is 0 Å². The van der Waals surface area contributed by atoms with Crippen molar-refractivity contribution in [2.75, 3.05) is 11.9 Å². The highest BCUT2D eigenvalue weighted by molar-refractivity contribution is 5.86. The van der Waals surface area contributed by atoms with Gasteiger partial charge in [0.15, 0.2) is 5.82 Å². The standard InChI is InChI=1S/C25H26N6/c1-15-4-7-20(28-12-15)10-16(2)29-23-11-19(8-9-27-23)25-30-17(3)24-21(18-5-6-18)13-26-14-22(24)31-25/h4,7-11,13-15,18,28H,2,5-6,12H2,1,3H3,(H,27,29)/b20-10-. The predicted molar refractivity (Wildman–Crippen MR) is 124 cm³/mol. The number of rotatable bonds is 5. The maximum absolute atomic E-state index is 4.82. The lowest BCUT2D eigenvalue weighted by Crippen LogP contribution is -2.22. The van der Waals surface area contributed by atoms with E-state index in [1.54, 1.807) is 6.20 Å². The summed E-state index contributed by atoms with van der Waals surface area (Å²) in [5.74, 6) is 2.54. The van der Waals surface area contributed by atoms with Crippen LogP contribution in [0.15, 0.2) is 66.9 Å². The maximum Gasteiger partial charge on any atom is 0.160 e. The first-order valence-corrected chi connectivity index (χ1v) is 10.7. The number of pyridine rings is 2. The number of nitrogens with zero attached hydrogens (tertiary/aromatic N) is 4. The Hall–Kier alpha value is -3.54. The van der Waals surface area contributed by atoms with E-state index in [1.165, 1.54) is 18.4 Å². The summed E-state index contributed by atoms with van der Waals surface area (Å²) in [6, 6.07) is 3.88. The van der Waals surface area contributed by atoms with Gasteiger partial charge in [-0.2, -0.15) is 0 Å². The Morgan fingerprint density at radius 2 is 2.13 bits per heavy atom. The molecule has 156 valence electrons. The number of aryl methyl sites for hydroxylation is 1. The number of nitrogens with one attached hydrogen (secondary N) is 2. The second-order valence-electron chi connectivity index (χ2n) is 8.43. The van der Waals surface area contributed by atoms with Crippen molar-refractivity contribution in [1.29, 1.82) is 0 Å². The van der Waals surface area contributed by atoms with Crippen LogP contribution in [0.25, 0.3) is 22.3 Å². The van der Waals surface area contributed by atoms with E-state index in [2.05, 4.69) is 53.2 Å². The zero-order chi connectivity index (χ0) is 21.4. The smallest absolute Gasteiger partial charge is 0.160 e. The molecule has 0 bridgehead atoms. The van der Waals surface area contributed by atoms with Gasteiger partial charge in [-0.25, -0.2) is 15.0 Å². The molecule has 4 heterocycles. The molecule has 1 saturated carbocycles. The summed E-state index contributed by atoms with van der Waals surface area (Å²) in [6.07, 6.45) is 14.3. The van der Waals surface area contributed by atoms with Crippen LogP contribution in [0.4, 0.5) is 5.82 Å². The van der Waals surface area contributed by atoms with Crippen molar-refractivity contribution in [2.24, 2.45) is 5.92 Å². The summed E-state index contributed by atoms with van der Waals surface area (Å²) in [5.41, 5.74) is 5.89. The van der Waals surface area contributed by atoms with Gasteiger partial charge in [-0.1, -0.05) is 19.6 Å². The lowest BCUT2D eigenvalue weighted by molar-refractivity contribution is 0.637. The zero-order valence-electron chi connectivity index (χ0n) is 17.9. The molecule has 1 unspecified atom stereocenters. The van der Waals surface area contributed by atoms with Crippen LogP contribution in [0, 0.1) is 12.8 Å². The Morgan fingerprint density at radius 3 is 2.90 bits per heavy atom. The third-order valence-electron chi connectivity index (χ3n) is 5.70. The Morgan fingerprint density at radius 1 is 1.26 bits per heavy atom. The Kier molecular flexibility index (Phi) is 4.98. The van der Waals surface area contributed by atoms with E-state index in [0.717, 1.165) is 40.1 Å². The van der Waals surface area contributed by atoms with Crippen LogP contribution < -0.4 is 10.6 Å². The lowest BCUT2D eigenvalue weighted by Gasteiger charge is -2.17. The van der Waals surface area contributed by atoms with Crippen molar-refractivity contribution >= 4 is 16.7 Å². The van der Waals surface area contributed by atoms with Gasteiger partial charge in [-0.05, 0) is 61.4 Å². The summed E-state index contributed by atoms with van der Waals surface area (Å²) in [5, 5.41) is 7.81. The van der Waals surface area contributed by atoms with Crippen molar-refractivity contribution in [1.82, 2.24) is 25.3 Å². The van der Waals surface area contributed by atoms with E-state index in [1.807, 2.05) is 30.6 Å². The first-order chi connectivity index (χ1) is 15.1. The topological polar surface area (TPSA) is 75.6 Å². The molecular formula is C25H26N6. The molecule has 2 aliphatic rings. The van der Waals surface area contributed by atoms with Crippen molar-refractivity contribution in [3.8, 4) is 11.4 Å². The monoisotopic (exact) mass is 410 g/mol. The second kappa shape index (κ2) is 7.95. The van der Waals surface area contributed by atoms with Gasteiger partial charge in [0, 0.05) is 47.0 Å². The number of hydrogen-bond acceptors (Lipinski definition) is 6. The number of anilines is 1. The Labute approximate surface area is 182 Å². The molecule has 5 rings (SSSR count). The molecule has 1 aliphatic heterocycles. The molecule has 2 N–H and O–H groups in total. The van der Waals surface area contributed by atoms with E-state index >= 15 is 0 Å². The zero-order valence-corrected chi connectivity index (χ0v) is 17.9. The van der Waals surface area contributed by atoms with Gasteiger partial charge in [0.25, 0.3) is 0 Å². The summed E-state index contributed by atoms with van der Waals surface area (Å²) in [4.78, 5) is 18.5. The molecule has 6 nitrogen and oxygen atoms in total. The van der Waals surface area contributed by atoms with Gasteiger partial charge >= 0.3 is 0 Å². The second-order valence-corrected chi connectivity index (χ2v) is 8.43. The molecule has 0 spiro atoms. The third-order valence-corrected chi connectivity index (χ3v) is 5.70. The minimum absolute atomic E-state index is 0.540. The fourth-order valence-corrected chi connectivity index (χ4v) is 3.93. The summed E-state index contributed by atoms with van der Waals surface area (Å²) >= 11 is 0. The molecular weight excluding hydrogens is 384 g/mol. The van der Waals surface area contributed by atoms with Crippen LogP contribution in [-0.4, -0.2) is 26.5 Å². The molecule has 0 radical (unpaired) electrons. The van der Waals surface area contributed by atoms with Gasteiger partial charge in [-0.3, -0.25) is 4.98 Å². The van der Waals surface area contributed by atoms with E-state index in [-0.39, 0.29) is 0 Å². The van der Waals surface area contributed by atoms with E-state index < -0.39 is 0 Å². The van der Waals surface area contributed by atoms with Crippen LogP contribution in [0.3, 0.4) is 0 Å². The van der Waals surface area contributed by atoms with Gasteiger partial charge in [0.05, 0.1) is 11.7 Å². The van der Waals surface area contributed by atoms with Crippen LogP contribution in [0.1, 0.15) is 36.9 Å². The molecule has 0 saturated heterocycles. The average molecular weight is 411 g/mol. The molecule has 0 aromatic carbocycles. The number of fused-ring (bicyclic) bond motifs is 1. The number of hydrogen-bond donors (Lipinski definition) is 2.